The number of rotatable bonds is 2. The number of halogens is 1. The summed E-state index contributed by atoms with van der Waals surface area (Å²) >= 11 is 0. The van der Waals surface area contributed by atoms with Crippen molar-refractivity contribution in [2.24, 2.45) is 0 Å². The van der Waals surface area contributed by atoms with Gasteiger partial charge in [0.05, 0.1) is 0 Å². The Morgan fingerprint density at radius 2 is 2.08 bits per heavy atom. The summed E-state index contributed by atoms with van der Waals surface area (Å²) in [6, 6.07) is 9.17. The number of fused-ring (bicyclic) bond motifs is 1. The van der Waals surface area contributed by atoms with Gasteiger partial charge in [-0.1, -0.05) is 18.2 Å². The van der Waals surface area contributed by atoms with E-state index in [2.05, 4.69) is 4.98 Å². The van der Waals surface area contributed by atoms with Crippen LogP contribution in [0.1, 0.15) is 0 Å². The number of alkyl halides is 1. The fourth-order valence-corrected chi connectivity index (χ4v) is 1.25. The molecule has 1 heterocycles. The molecule has 1 aromatic heterocycles. The number of hydrogen-bond acceptors (Lipinski definition) is 2. The van der Waals surface area contributed by atoms with Gasteiger partial charge in [0.25, 0.3) is 0 Å². The quantitative estimate of drug-likeness (QED) is 0.703. The average Bonchev–Trinajstić information content (AvgIpc) is 2.19. The Bertz CT molecular complexity index is 411. The molecule has 0 radical (unpaired) electrons. The summed E-state index contributed by atoms with van der Waals surface area (Å²) < 4.78 is 16.7. The highest BCUT2D eigenvalue weighted by Crippen LogP contribution is 2.22. The molecule has 0 N–H and O–H groups in total. The van der Waals surface area contributed by atoms with Crippen LogP contribution < -0.4 is 4.74 Å². The zero-order valence-electron chi connectivity index (χ0n) is 6.90. The summed E-state index contributed by atoms with van der Waals surface area (Å²) in [5.74, 6) is 0.487. The normalized spacial score (nSPS) is 10.2. The van der Waals surface area contributed by atoms with Gasteiger partial charge in [-0.3, -0.25) is 4.98 Å². The van der Waals surface area contributed by atoms with Crippen LogP contribution in [-0.2, 0) is 0 Å². The zero-order chi connectivity index (χ0) is 9.10. The fourth-order valence-electron chi connectivity index (χ4n) is 1.25. The van der Waals surface area contributed by atoms with Crippen molar-refractivity contribution >= 4 is 10.9 Å². The molecule has 0 saturated carbocycles. The van der Waals surface area contributed by atoms with Crippen LogP contribution in [0.4, 0.5) is 4.39 Å². The summed E-state index contributed by atoms with van der Waals surface area (Å²) in [5, 5.41) is 0.952. The lowest BCUT2D eigenvalue weighted by molar-refractivity contribution is 0.193. The number of benzene rings is 1. The van der Waals surface area contributed by atoms with Crippen LogP contribution in [0.25, 0.3) is 10.9 Å². The van der Waals surface area contributed by atoms with Gasteiger partial charge in [0.15, 0.2) is 0 Å². The van der Waals surface area contributed by atoms with Crippen LogP contribution in [-0.4, -0.2) is 11.8 Å². The van der Waals surface area contributed by atoms with Crippen molar-refractivity contribution in [3.8, 4) is 5.75 Å². The van der Waals surface area contributed by atoms with Crippen LogP contribution in [0.3, 0.4) is 0 Å². The van der Waals surface area contributed by atoms with Crippen molar-refractivity contribution in [1.82, 2.24) is 4.98 Å². The molecule has 1 aromatic carbocycles. The van der Waals surface area contributed by atoms with E-state index in [4.69, 9.17) is 4.74 Å². The predicted octanol–water partition coefficient (Wildman–Crippen LogP) is 2.54. The molecule has 0 saturated heterocycles. The zero-order valence-corrected chi connectivity index (χ0v) is 6.90. The van der Waals surface area contributed by atoms with Crippen LogP contribution in [0.2, 0.25) is 0 Å². The first-order valence-electron chi connectivity index (χ1n) is 3.94. The van der Waals surface area contributed by atoms with E-state index in [0.717, 1.165) is 5.39 Å². The van der Waals surface area contributed by atoms with Gasteiger partial charge in [-0.15, -0.1) is 0 Å². The first-order valence-corrected chi connectivity index (χ1v) is 3.94. The highest BCUT2D eigenvalue weighted by molar-refractivity contribution is 5.84. The van der Waals surface area contributed by atoms with Crippen LogP contribution in [0.5, 0.6) is 5.75 Å². The summed E-state index contributed by atoms with van der Waals surface area (Å²) in [5.41, 5.74) is 0.697. The van der Waals surface area contributed by atoms with Crippen molar-refractivity contribution in [2.45, 2.75) is 0 Å². The standard InChI is InChI=1S/C10H8FNO/c11-7-13-9-5-1-3-8-4-2-6-12-10(8)9/h1-6H,7H2. The second-order valence-electron chi connectivity index (χ2n) is 2.58. The maximum atomic E-state index is 12.0. The Kier molecular flexibility index (Phi) is 2.08. The van der Waals surface area contributed by atoms with Crippen LogP contribution in [0.15, 0.2) is 36.5 Å². The van der Waals surface area contributed by atoms with Crippen LogP contribution >= 0.6 is 0 Å². The molecule has 3 heteroatoms. The molecule has 0 bridgehead atoms. The third kappa shape index (κ3) is 1.45. The minimum absolute atomic E-state index is 0.487. The first-order chi connectivity index (χ1) is 6.42. The Morgan fingerprint density at radius 3 is 2.92 bits per heavy atom. The number of hydrogen-bond donors (Lipinski definition) is 0. The maximum absolute atomic E-state index is 12.0. The van der Waals surface area contributed by atoms with Gasteiger partial charge in [-0.25, -0.2) is 4.39 Å². The van der Waals surface area contributed by atoms with E-state index in [1.54, 1.807) is 12.3 Å². The van der Waals surface area contributed by atoms with E-state index >= 15 is 0 Å². The number of para-hydroxylation sites is 1. The van der Waals surface area contributed by atoms with Crippen LogP contribution in [0, 0.1) is 0 Å². The second kappa shape index (κ2) is 3.39. The molecule has 2 nitrogen and oxygen atoms in total. The minimum Gasteiger partial charge on any atom is -0.461 e. The van der Waals surface area contributed by atoms with E-state index in [-0.39, 0.29) is 0 Å². The molecule has 0 aliphatic carbocycles. The van der Waals surface area contributed by atoms with Gasteiger partial charge >= 0.3 is 0 Å². The smallest absolute Gasteiger partial charge is 0.228 e. The topological polar surface area (TPSA) is 22.1 Å². The molecule has 0 amide bonds. The van der Waals surface area contributed by atoms with E-state index in [0.29, 0.717) is 11.3 Å². The Balaban J connectivity index is 2.61. The second-order valence-corrected chi connectivity index (χ2v) is 2.58. The molecule has 0 fully saturated rings. The van der Waals surface area contributed by atoms with Crippen molar-refractivity contribution in [3.63, 3.8) is 0 Å². The molecule has 0 spiro atoms. The van der Waals surface area contributed by atoms with Crippen molar-refractivity contribution in [1.29, 1.82) is 0 Å². The highest BCUT2D eigenvalue weighted by Gasteiger charge is 2.00. The molecular formula is C10H8FNO. The molecule has 13 heavy (non-hydrogen) atoms. The Labute approximate surface area is 75.0 Å². The third-order valence-corrected chi connectivity index (χ3v) is 1.81. The van der Waals surface area contributed by atoms with Crippen molar-refractivity contribution < 1.29 is 9.13 Å². The molecule has 2 aromatic rings. The van der Waals surface area contributed by atoms with Gasteiger partial charge in [-0.05, 0) is 12.1 Å². The predicted molar refractivity (Wildman–Crippen MR) is 48.3 cm³/mol. The Hall–Kier alpha value is -1.64. The van der Waals surface area contributed by atoms with E-state index in [1.165, 1.54) is 0 Å². The van der Waals surface area contributed by atoms with Crippen molar-refractivity contribution in [2.75, 3.05) is 6.86 Å². The summed E-state index contributed by atoms with van der Waals surface area (Å²) in [4.78, 5) is 4.11. The lowest BCUT2D eigenvalue weighted by Gasteiger charge is -2.03. The third-order valence-electron chi connectivity index (χ3n) is 1.81. The molecule has 0 aliphatic heterocycles. The molecule has 0 atom stereocenters. The van der Waals surface area contributed by atoms with E-state index in [1.807, 2.05) is 24.3 Å². The van der Waals surface area contributed by atoms with Crippen molar-refractivity contribution in [3.05, 3.63) is 36.5 Å². The molecule has 66 valence electrons. The molecule has 2 rings (SSSR count). The van der Waals surface area contributed by atoms with E-state index < -0.39 is 6.86 Å². The monoisotopic (exact) mass is 177 g/mol. The fraction of sp³-hybridized carbons (Fsp3) is 0.100. The summed E-state index contributed by atoms with van der Waals surface area (Å²) in [6.07, 6.45) is 1.66. The highest BCUT2D eigenvalue weighted by atomic mass is 19.1. The van der Waals surface area contributed by atoms with Gasteiger partial charge in [0.2, 0.25) is 6.86 Å². The molecule has 0 aliphatic rings. The Morgan fingerprint density at radius 1 is 1.23 bits per heavy atom. The van der Waals surface area contributed by atoms with Gasteiger partial charge in [0.1, 0.15) is 11.3 Å². The largest absolute Gasteiger partial charge is 0.461 e. The SMILES string of the molecule is FCOc1cccc2cccnc12. The summed E-state index contributed by atoms with van der Waals surface area (Å²) in [7, 11) is 0. The number of nitrogens with zero attached hydrogens (tertiary/aromatic N) is 1. The minimum atomic E-state index is -0.824. The maximum Gasteiger partial charge on any atom is 0.228 e. The van der Waals surface area contributed by atoms with Gasteiger partial charge in [-0.2, -0.15) is 0 Å². The van der Waals surface area contributed by atoms with Gasteiger partial charge in [0, 0.05) is 11.6 Å². The first kappa shape index (κ1) is 7.98. The molecule has 0 unspecified atom stereocenters. The lowest BCUT2D eigenvalue weighted by Crippen LogP contribution is -1.91. The number of aromatic nitrogens is 1. The summed E-state index contributed by atoms with van der Waals surface area (Å²) in [6.45, 7) is -0.824. The number of pyridine rings is 1. The van der Waals surface area contributed by atoms with E-state index in [9.17, 15) is 4.39 Å². The molecular weight excluding hydrogens is 169 g/mol. The lowest BCUT2D eigenvalue weighted by atomic mass is 10.2. The number of ether oxygens (including phenoxy) is 1. The van der Waals surface area contributed by atoms with Gasteiger partial charge < -0.3 is 4.74 Å². The average molecular weight is 177 g/mol.